The number of hydrogen-bond donors (Lipinski definition) is 1. The Hall–Kier alpha value is -2.58. The molecule has 0 radical (unpaired) electrons. The van der Waals surface area contributed by atoms with Crippen molar-refractivity contribution in [2.45, 2.75) is 69.0 Å². The lowest BCUT2D eigenvalue weighted by Crippen LogP contribution is -2.52. The molecule has 190 valence electrons. The van der Waals surface area contributed by atoms with Gasteiger partial charge in [-0.2, -0.15) is 0 Å². The number of benzene rings is 2. The molecular weight excluding hydrogens is 488 g/mol. The minimum Gasteiger partial charge on any atom is -0.446 e. The first-order valence-corrected chi connectivity index (χ1v) is 14.2. The van der Waals surface area contributed by atoms with Crippen LogP contribution in [0.1, 0.15) is 55.5 Å². The fraction of sp³-hybridized carbons (Fsp3) is 0.462. The van der Waals surface area contributed by atoms with Gasteiger partial charge >= 0.3 is 6.09 Å². The van der Waals surface area contributed by atoms with E-state index in [4.69, 9.17) is 16.3 Å². The van der Waals surface area contributed by atoms with E-state index < -0.39 is 9.84 Å². The Morgan fingerprint density at radius 2 is 1.77 bits per heavy atom. The molecule has 9 heteroatoms. The first-order chi connectivity index (χ1) is 16.6. The summed E-state index contributed by atoms with van der Waals surface area (Å²) in [5, 5.41) is 3.71. The molecular formula is C26H33ClN2O5S. The molecule has 1 unspecified atom stereocenters. The monoisotopic (exact) mass is 520 g/mol. The van der Waals surface area contributed by atoms with Crippen molar-refractivity contribution in [3.8, 4) is 0 Å². The minimum absolute atomic E-state index is 0.161. The van der Waals surface area contributed by atoms with Crippen molar-refractivity contribution in [3.63, 3.8) is 0 Å². The molecule has 35 heavy (non-hydrogen) atoms. The van der Waals surface area contributed by atoms with Gasteiger partial charge in [0, 0.05) is 29.4 Å². The van der Waals surface area contributed by atoms with Crippen molar-refractivity contribution in [2.24, 2.45) is 0 Å². The van der Waals surface area contributed by atoms with Crippen LogP contribution in [0.25, 0.3) is 0 Å². The maximum Gasteiger partial charge on any atom is 0.410 e. The summed E-state index contributed by atoms with van der Waals surface area (Å²) in [7, 11) is -3.34. The van der Waals surface area contributed by atoms with E-state index in [1.165, 1.54) is 24.3 Å². The molecule has 1 fully saturated rings. The molecule has 0 heterocycles. The maximum atomic E-state index is 13.1. The lowest BCUT2D eigenvalue weighted by molar-refractivity contribution is 0.0515. The number of nitrogens with zero attached hydrogens (tertiary/aromatic N) is 1. The molecule has 1 aliphatic rings. The summed E-state index contributed by atoms with van der Waals surface area (Å²) in [5.41, 5.74) is 1.43. The summed E-state index contributed by atoms with van der Waals surface area (Å²) in [4.78, 5) is 28.0. The van der Waals surface area contributed by atoms with Gasteiger partial charge in [0.15, 0.2) is 9.84 Å². The van der Waals surface area contributed by atoms with Crippen LogP contribution in [0.2, 0.25) is 5.02 Å². The van der Waals surface area contributed by atoms with Gasteiger partial charge in [-0.3, -0.25) is 4.79 Å². The quantitative estimate of drug-likeness (QED) is 0.509. The second-order valence-corrected chi connectivity index (χ2v) is 11.5. The van der Waals surface area contributed by atoms with Crippen LogP contribution in [0.3, 0.4) is 0 Å². The lowest BCUT2D eigenvalue weighted by atomic mass is 10.1. The third kappa shape index (κ3) is 7.45. The molecule has 0 aliphatic heterocycles. The Morgan fingerprint density at radius 1 is 1.11 bits per heavy atom. The van der Waals surface area contributed by atoms with Gasteiger partial charge in [-0.05, 0) is 81.0 Å². The predicted molar refractivity (Wildman–Crippen MR) is 137 cm³/mol. The van der Waals surface area contributed by atoms with Crippen molar-refractivity contribution in [3.05, 3.63) is 64.7 Å². The van der Waals surface area contributed by atoms with Crippen LogP contribution in [-0.4, -0.2) is 56.3 Å². The average Bonchev–Trinajstić information content (AvgIpc) is 3.27. The van der Waals surface area contributed by atoms with E-state index in [-0.39, 0.29) is 35.1 Å². The molecule has 1 aliphatic carbocycles. The zero-order chi connectivity index (χ0) is 25.6. The minimum atomic E-state index is -3.34. The zero-order valence-electron chi connectivity index (χ0n) is 20.4. The topological polar surface area (TPSA) is 92.8 Å². The van der Waals surface area contributed by atoms with Crippen LogP contribution >= 0.6 is 11.6 Å². The van der Waals surface area contributed by atoms with Crippen LogP contribution in [-0.2, 0) is 21.0 Å². The van der Waals surface area contributed by atoms with Crippen LogP contribution in [0.5, 0.6) is 0 Å². The first-order valence-electron chi connectivity index (χ1n) is 11.9. The van der Waals surface area contributed by atoms with E-state index in [0.29, 0.717) is 30.0 Å². The number of sulfone groups is 1. The summed E-state index contributed by atoms with van der Waals surface area (Å²) in [6, 6.07) is 13.0. The summed E-state index contributed by atoms with van der Waals surface area (Å²) in [5.74, 6) is -0.296. The van der Waals surface area contributed by atoms with E-state index in [0.717, 1.165) is 31.1 Å². The van der Waals surface area contributed by atoms with Gasteiger partial charge in [-0.25, -0.2) is 13.2 Å². The summed E-state index contributed by atoms with van der Waals surface area (Å²) in [6.07, 6.45) is 4.27. The van der Waals surface area contributed by atoms with Crippen molar-refractivity contribution < 1.29 is 22.7 Å². The second-order valence-electron chi connectivity index (χ2n) is 9.05. The molecule has 0 saturated heterocycles. The van der Waals surface area contributed by atoms with Gasteiger partial charge < -0.3 is 15.0 Å². The number of hydrogen-bond acceptors (Lipinski definition) is 5. The van der Waals surface area contributed by atoms with Crippen molar-refractivity contribution in [1.82, 2.24) is 10.2 Å². The van der Waals surface area contributed by atoms with Gasteiger partial charge in [0.05, 0.1) is 10.9 Å². The number of carbonyl (C=O) groups is 2. The molecule has 0 spiro atoms. The molecule has 2 aromatic carbocycles. The van der Waals surface area contributed by atoms with Gasteiger partial charge in [-0.15, -0.1) is 0 Å². The fourth-order valence-corrected chi connectivity index (χ4v) is 4.96. The van der Waals surface area contributed by atoms with Crippen LogP contribution in [0.15, 0.2) is 53.4 Å². The highest BCUT2D eigenvalue weighted by molar-refractivity contribution is 7.90. The number of rotatable bonds is 9. The van der Waals surface area contributed by atoms with Gasteiger partial charge in [-0.1, -0.05) is 30.7 Å². The Balaban J connectivity index is 1.74. The second kappa shape index (κ2) is 11.9. The fourth-order valence-electron chi connectivity index (χ4n) is 4.20. The van der Waals surface area contributed by atoms with E-state index >= 15 is 0 Å². The van der Waals surface area contributed by atoms with Crippen LogP contribution < -0.4 is 5.32 Å². The maximum absolute atomic E-state index is 13.1. The third-order valence-corrected chi connectivity index (χ3v) is 7.79. The Kier molecular flexibility index (Phi) is 9.19. The SMILES string of the molecule is CCC(C)OC(=O)N(CCc1ccc(Cl)cc1)[C@@H]1CCC[C@H]1NC(=O)c1ccc(S(C)(=O)=O)cc1. The number of ether oxygens (including phenoxy) is 1. The Morgan fingerprint density at radius 3 is 2.37 bits per heavy atom. The Bertz CT molecular complexity index is 1120. The van der Waals surface area contributed by atoms with Crippen molar-refractivity contribution in [1.29, 1.82) is 0 Å². The molecule has 3 atom stereocenters. The first kappa shape index (κ1) is 27.0. The number of carbonyl (C=O) groups excluding carboxylic acids is 2. The molecule has 1 N–H and O–H groups in total. The average molecular weight is 521 g/mol. The third-order valence-electron chi connectivity index (χ3n) is 6.41. The molecule has 0 bridgehead atoms. The number of amides is 2. The van der Waals surface area contributed by atoms with Crippen molar-refractivity contribution >= 4 is 33.4 Å². The van der Waals surface area contributed by atoms with Gasteiger partial charge in [0.2, 0.25) is 0 Å². The molecule has 7 nitrogen and oxygen atoms in total. The molecule has 2 aromatic rings. The summed E-state index contributed by atoms with van der Waals surface area (Å²) < 4.78 is 29.1. The smallest absolute Gasteiger partial charge is 0.410 e. The van der Waals surface area contributed by atoms with Crippen molar-refractivity contribution in [2.75, 3.05) is 12.8 Å². The van der Waals surface area contributed by atoms with Gasteiger partial charge in [0.25, 0.3) is 5.91 Å². The zero-order valence-corrected chi connectivity index (χ0v) is 21.9. The van der Waals surface area contributed by atoms with Crippen LogP contribution in [0, 0.1) is 0 Å². The normalized spacial score (nSPS) is 18.6. The number of nitrogens with one attached hydrogen (secondary N) is 1. The van der Waals surface area contributed by atoms with E-state index in [2.05, 4.69) is 5.32 Å². The highest BCUT2D eigenvalue weighted by Gasteiger charge is 2.36. The molecule has 3 rings (SSSR count). The van der Waals surface area contributed by atoms with E-state index in [1.807, 2.05) is 38.1 Å². The largest absolute Gasteiger partial charge is 0.446 e. The molecule has 2 amide bonds. The Labute approximate surface area is 212 Å². The van der Waals surface area contributed by atoms with E-state index in [1.54, 1.807) is 4.90 Å². The highest BCUT2D eigenvalue weighted by Crippen LogP contribution is 2.26. The highest BCUT2D eigenvalue weighted by atomic mass is 35.5. The van der Waals surface area contributed by atoms with Gasteiger partial charge in [0.1, 0.15) is 6.10 Å². The molecule has 0 aromatic heterocycles. The molecule has 1 saturated carbocycles. The standard InChI is InChI=1S/C26H33ClN2O5S/c1-4-18(2)34-26(31)29(17-16-19-8-12-21(27)13-9-19)24-7-5-6-23(24)28-25(30)20-10-14-22(15-11-20)35(3,32)33/h8-15,18,23-24H,4-7,16-17H2,1-3H3,(H,28,30)/t18?,23-,24-/m1/s1. The predicted octanol–water partition coefficient (Wildman–Crippen LogP) is 4.87. The summed E-state index contributed by atoms with van der Waals surface area (Å²) >= 11 is 6.00. The number of halogens is 1. The summed E-state index contributed by atoms with van der Waals surface area (Å²) in [6.45, 7) is 4.28. The lowest BCUT2D eigenvalue weighted by Gasteiger charge is -2.33. The van der Waals surface area contributed by atoms with Crippen LogP contribution in [0.4, 0.5) is 4.79 Å². The van der Waals surface area contributed by atoms with E-state index in [9.17, 15) is 18.0 Å².